The molecular formula is C8H17NO6S. The molecule has 7 nitrogen and oxygen atoms in total. The molecule has 16 heavy (non-hydrogen) atoms. The van der Waals surface area contributed by atoms with E-state index in [0.717, 1.165) is 0 Å². The van der Waals surface area contributed by atoms with Crippen LogP contribution in [0.3, 0.4) is 0 Å². The number of carboxylic acid groups (broad SMARTS) is 1. The summed E-state index contributed by atoms with van der Waals surface area (Å²) >= 11 is 0. The molecule has 0 aromatic rings. The van der Waals surface area contributed by atoms with E-state index in [4.69, 9.17) is 9.66 Å². The molecule has 0 aromatic carbocycles. The second kappa shape index (κ2) is 6.14. The highest BCUT2D eigenvalue weighted by Crippen LogP contribution is 2.11. The van der Waals surface area contributed by atoms with Crippen molar-refractivity contribution in [2.24, 2.45) is 5.92 Å². The monoisotopic (exact) mass is 255 g/mol. The zero-order chi connectivity index (χ0) is 12.9. The van der Waals surface area contributed by atoms with Crippen molar-refractivity contribution in [2.75, 3.05) is 0 Å². The van der Waals surface area contributed by atoms with Gasteiger partial charge in [-0.15, -0.1) is 0 Å². The Bertz CT molecular complexity index is 325. The van der Waals surface area contributed by atoms with Gasteiger partial charge in [0.05, 0.1) is 18.6 Å². The van der Waals surface area contributed by atoms with Crippen molar-refractivity contribution in [3.05, 3.63) is 0 Å². The van der Waals surface area contributed by atoms with Crippen LogP contribution in [0.1, 0.15) is 26.7 Å². The number of hydrogen-bond donors (Lipinski definition) is 4. The van der Waals surface area contributed by atoms with Gasteiger partial charge in [0.2, 0.25) is 0 Å². The third-order valence-corrected chi connectivity index (χ3v) is 2.47. The molecule has 0 aliphatic heterocycles. The number of hydrogen-bond acceptors (Lipinski definition) is 4. The van der Waals surface area contributed by atoms with Crippen molar-refractivity contribution < 1.29 is 28.0 Å². The van der Waals surface area contributed by atoms with Gasteiger partial charge in [-0.05, 0) is 12.3 Å². The number of carbonyl (C=O) groups is 1. The van der Waals surface area contributed by atoms with Gasteiger partial charge in [0.1, 0.15) is 0 Å². The first-order valence-electron chi connectivity index (χ1n) is 4.76. The second-order valence-electron chi connectivity index (χ2n) is 3.99. The predicted octanol–water partition coefficient (Wildman–Crippen LogP) is -0.371. The molecule has 0 aliphatic carbocycles. The van der Waals surface area contributed by atoms with E-state index in [1.807, 2.05) is 4.72 Å². The fourth-order valence-electron chi connectivity index (χ4n) is 1.30. The van der Waals surface area contributed by atoms with E-state index in [2.05, 4.69) is 0 Å². The Hall–Kier alpha value is -0.700. The summed E-state index contributed by atoms with van der Waals surface area (Å²) in [4.78, 5) is 10.4. The molecule has 0 unspecified atom stereocenters. The lowest BCUT2D eigenvalue weighted by molar-refractivity contribution is -0.139. The number of carboxylic acids is 1. The van der Waals surface area contributed by atoms with E-state index in [1.165, 1.54) is 0 Å². The Morgan fingerprint density at radius 3 is 2.19 bits per heavy atom. The second-order valence-corrected chi connectivity index (χ2v) is 5.18. The molecule has 0 saturated heterocycles. The minimum Gasteiger partial charge on any atom is -0.481 e. The van der Waals surface area contributed by atoms with Crippen LogP contribution in [-0.4, -0.2) is 41.3 Å². The topological polar surface area (TPSA) is 124 Å². The number of rotatable bonds is 7. The van der Waals surface area contributed by atoms with Crippen LogP contribution in [0.25, 0.3) is 0 Å². The first-order chi connectivity index (χ1) is 7.11. The first-order valence-corrected chi connectivity index (χ1v) is 6.20. The van der Waals surface area contributed by atoms with Crippen LogP contribution >= 0.6 is 0 Å². The number of nitrogens with one attached hydrogen (secondary N) is 1. The highest BCUT2D eigenvalue weighted by Gasteiger charge is 2.26. The number of aliphatic carboxylic acids is 1. The van der Waals surface area contributed by atoms with Gasteiger partial charge in [0.25, 0.3) is 0 Å². The fraction of sp³-hybridized carbons (Fsp3) is 0.875. The van der Waals surface area contributed by atoms with E-state index in [9.17, 15) is 18.3 Å². The Morgan fingerprint density at radius 1 is 1.38 bits per heavy atom. The fourth-order valence-corrected chi connectivity index (χ4v) is 1.94. The minimum atomic E-state index is -4.45. The van der Waals surface area contributed by atoms with E-state index < -0.39 is 34.8 Å². The molecule has 96 valence electrons. The smallest absolute Gasteiger partial charge is 0.333 e. The Balaban J connectivity index is 4.59. The number of aliphatic hydroxyl groups is 1. The summed E-state index contributed by atoms with van der Waals surface area (Å²) in [5.41, 5.74) is 0. The standard InChI is InChI=1S/C8H17NO6S/c1-5(2)3-6(9-16(13,14)15)7(10)4-8(11)12/h5-7,9-10H,3-4H2,1-2H3,(H,11,12)(H,13,14,15)/t6-,7-/m0/s1. The molecule has 0 bridgehead atoms. The predicted molar refractivity (Wildman–Crippen MR) is 56.2 cm³/mol. The van der Waals surface area contributed by atoms with Gasteiger partial charge in [-0.3, -0.25) is 9.35 Å². The van der Waals surface area contributed by atoms with Gasteiger partial charge in [-0.1, -0.05) is 13.8 Å². The molecule has 0 spiro atoms. The highest BCUT2D eigenvalue weighted by molar-refractivity contribution is 7.83. The van der Waals surface area contributed by atoms with Crippen LogP contribution in [0.4, 0.5) is 0 Å². The highest BCUT2D eigenvalue weighted by atomic mass is 32.2. The average Bonchev–Trinajstić information content (AvgIpc) is 1.97. The molecule has 4 N–H and O–H groups in total. The molecule has 0 saturated carbocycles. The lowest BCUT2D eigenvalue weighted by Crippen LogP contribution is -2.44. The quantitative estimate of drug-likeness (QED) is 0.460. The lowest BCUT2D eigenvalue weighted by Gasteiger charge is -2.23. The lowest BCUT2D eigenvalue weighted by atomic mass is 9.98. The molecule has 8 heteroatoms. The summed E-state index contributed by atoms with van der Waals surface area (Å²) in [7, 11) is -4.45. The van der Waals surface area contributed by atoms with Gasteiger partial charge in [0.15, 0.2) is 0 Å². The SMILES string of the molecule is CC(C)C[C@H](NS(=O)(=O)O)[C@@H](O)CC(=O)O. The van der Waals surface area contributed by atoms with Crippen LogP contribution in [0.2, 0.25) is 0 Å². The summed E-state index contributed by atoms with van der Waals surface area (Å²) in [6, 6.07) is -1.01. The van der Waals surface area contributed by atoms with E-state index in [0.29, 0.717) is 0 Å². The summed E-state index contributed by atoms with van der Waals surface area (Å²) in [6.07, 6.45) is -1.73. The van der Waals surface area contributed by atoms with Crippen molar-refractivity contribution in [1.29, 1.82) is 0 Å². The Kier molecular flexibility index (Phi) is 5.87. The largest absolute Gasteiger partial charge is 0.481 e. The Labute approximate surface area is 94.4 Å². The van der Waals surface area contributed by atoms with Gasteiger partial charge in [-0.25, -0.2) is 0 Å². The molecule has 0 heterocycles. The summed E-state index contributed by atoms with van der Waals surface area (Å²) in [6.45, 7) is 3.57. The number of aliphatic hydroxyl groups excluding tert-OH is 1. The van der Waals surface area contributed by atoms with E-state index >= 15 is 0 Å². The van der Waals surface area contributed by atoms with Crippen LogP contribution < -0.4 is 4.72 Å². The van der Waals surface area contributed by atoms with E-state index in [-0.39, 0.29) is 12.3 Å². The molecule has 0 rings (SSSR count). The maximum Gasteiger partial charge on any atom is 0.333 e. The third-order valence-electron chi connectivity index (χ3n) is 1.87. The summed E-state index contributed by atoms with van der Waals surface area (Å²) in [5, 5.41) is 17.9. The molecule has 0 radical (unpaired) electrons. The molecule has 0 amide bonds. The minimum absolute atomic E-state index is 0.0442. The van der Waals surface area contributed by atoms with Crippen molar-refractivity contribution in [3.63, 3.8) is 0 Å². The molecule has 0 fully saturated rings. The molecule has 0 aliphatic rings. The Morgan fingerprint density at radius 2 is 1.88 bits per heavy atom. The van der Waals surface area contributed by atoms with Crippen LogP contribution in [0.15, 0.2) is 0 Å². The molecular weight excluding hydrogens is 238 g/mol. The van der Waals surface area contributed by atoms with Gasteiger partial charge < -0.3 is 10.2 Å². The third kappa shape index (κ3) is 7.57. The van der Waals surface area contributed by atoms with Crippen molar-refractivity contribution in [2.45, 2.75) is 38.8 Å². The van der Waals surface area contributed by atoms with Crippen molar-refractivity contribution >= 4 is 16.3 Å². The van der Waals surface area contributed by atoms with Crippen LogP contribution in [0, 0.1) is 5.92 Å². The van der Waals surface area contributed by atoms with Crippen LogP contribution in [-0.2, 0) is 15.1 Å². The van der Waals surface area contributed by atoms with E-state index in [1.54, 1.807) is 13.8 Å². The zero-order valence-electron chi connectivity index (χ0n) is 9.12. The van der Waals surface area contributed by atoms with Gasteiger partial charge >= 0.3 is 16.3 Å². The van der Waals surface area contributed by atoms with Crippen molar-refractivity contribution in [3.8, 4) is 0 Å². The van der Waals surface area contributed by atoms with Crippen LogP contribution in [0.5, 0.6) is 0 Å². The summed E-state index contributed by atoms with van der Waals surface area (Å²) in [5.74, 6) is -1.19. The first kappa shape index (κ1) is 15.3. The molecule has 0 aromatic heterocycles. The molecule has 2 atom stereocenters. The maximum atomic E-state index is 10.6. The normalized spacial score (nSPS) is 16.1. The maximum absolute atomic E-state index is 10.6. The van der Waals surface area contributed by atoms with Gasteiger partial charge in [-0.2, -0.15) is 13.1 Å². The zero-order valence-corrected chi connectivity index (χ0v) is 9.94. The van der Waals surface area contributed by atoms with Crippen molar-refractivity contribution in [1.82, 2.24) is 4.72 Å². The summed E-state index contributed by atoms with van der Waals surface area (Å²) < 4.78 is 31.6. The average molecular weight is 255 g/mol. The van der Waals surface area contributed by atoms with Gasteiger partial charge in [0, 0.05) is 0 Å².